The number of halogens is 3. The predicted octanol–water partition coefficient (Wildman–Crippen LogP) is 2.98. The number of carbonyl (C=O) groups excluding carboxylic acids is 1. The molecule has 2 heterocycles. The first-order chi connectivity index (χ1) is 15.2. The molecule has 2 aromatic carbocycles. The Bertz CT molecular complexity index is 1480. The maximum Gasteiger partial charge on any atom is 0.334 e. The number of nitrogens with two attached hydrogens (primary N) is 1. The van der Waals surface area contributed by atoms with Gasteiger partial charge >= 0.3 is 11.7 Å². The summed E-state index contributed by atoms with van der Waals surface area (Å²) in [5.41, 5.74) is 5.43. The lowest BCUT2D eigenvalue weighted by Crippen LogP contribution is -2.29. The molecule has 0 radical (unpaired) electrons. The van der Waals surface area contributed by atoms with E-state index in [0.29, 0.717) is 11.1 Å². The summed E-state index contributed by atoms with van der Waals surface area (Å²) in [7, 11) is 0. The molecule has 1 amide bonds. The number of hydrogen-bond acceptors (Lipinski definition) is 4. The zero-order chi connectivity index (χ0) is 23.0. The number of ether oxygens (including phenoxy) is 1. The smallest absolute Gasteiger partial charge is 0.334 e. The molecule has 3 N–H and O–H groups in total. The minimum atomic E-state index is -0.933. The number of nitrogens with one attached hydrogen (secondary N) is 1. The number of nitrogens with zero attached hydrogens (tertiary/aromatic N) is 2. The first kappa shape index (κ1) is 21.3. The molecule has 4 rings (SSSR count). The van der Waals surface area contributed by atoms with Crippen LogP contribution in [0.15, 0.2) is 58.3 Å². The van der Waals surface area contributed by atoms with Gasteiger partial charge < -0.3 is 20.0 Å². The van der Waals surface area contributed by atoms with E-state index in [1.165, 1.54) is 22.9 Å². The van der Waals surface area contributed by atoms with Crippen molar-refractivity contribution >= 4 is 28.7 Å². The van der Waals surface area contributed by atoms with E-state index >= 15 is 0 Å². The van der Waals surface area contributed by atoms with Crippen LogP contribution in [0.4, 0.5) is 13.6 Å². The average molecular weight is 461 g/mol. The largest absolute Gasteiger partial charge is 0.487 e. The van der Waals surface area contributed by atoms with Crippen LogP contribution in [0, 0.1) is 11.6 Å². The number of imidazole rings is 1. The van der Waals surface area contributed by atoms with Gasteiger partial charge in [0, 0.05) is 17.8 Å². The molecule has 0 atom stereocenters. The molecule has 4 aromatic rings. The minimum Gasteiger partial charge on any atom is -0.487 e. The number of fused-ring (bicyclic) bond motifs is 1. The number of carbonyl (C=O) groups is 1. The van der Waals surface area contributed by atoms with E-state index in [9.17, 15) is 23.2 Å². The second-order valence-corrected chi connectivity index (χ2v) is 7.28. The molecule has 0 spiro atoms. The first-order valence-corrected chi connectivity index (χ1v) is 9.61. The number of primary amides is 1. The van der Waals surface area contributed by atoms with Crippen molar-refractivity contribution in [3.8, 4) is 5.75 Å². The number of amides is 1. The van der Waals surface area contributed by atoms with Gasteiger partial charge in [-0.15, -0.1) is 0 Å². The third-order valence-electron chi connectivity index (χ3n) is 4.79. The number of aromatic amines is 1. The van der Waals surface area contributed by atoms with Gasteiger partial charge in [0.1, 0.15) is 29.0 Å². The third kappa shape index (κ3) is 4.00. The van der Waals surface area contributed by atoms with Crippen molar-refractivity contribution in [1.82, 2.24) is 14.1 Å². The lowest BCUT2D eigenvalue weighted by atomic mass is 10.2. The summed E-state index contributed by atoms with van der Waals surface area (Å²) in [4.78, 5) is 38.6. The lowest BCUT2D eigenvalue weighted by molar-refractivity contribution is 0.250. The molecule has 0 aliphatic heterocycles. The summed E-state index contributed by atoms with van der Waals surface area (Å²) in [6.07, 6.45) is 1.44. The number of aromatic nitrogens is 3. The van der Waals surface area contributed by atoms with Crippen LogP contribution < -0.4 is 21.7 Å². The maximum atomic E-state index is 13.8. The predicted molar refractivity (Wildman–Crippen MR) is 113 cm³/mol. The highest BCUT2D eigenvalue weighted by Gasteiger charge is 2.14. The zero-order valence-corrected chi connectivity index (χ0v) is 17.0. The van der Waals surface area contributed by atoms with Gasteiger partial charge in [-0.2, -0.15) is 0 Å². The Kier molecular flexibility index (Phi) is 5.54. The Morgan fingerprint density at radius 2 is 1.91 bits per heavy atom. The molecule has 0 aliphatic rings. The van der Waals surface area contributed by atoms with Crippen LogP contribution in [0.2, 0.25) is 5.02 Å². The fourth-order valence-electron chi connectivity index (χ4n) is 3.22. The molecular formula is C21H15ClF2N4O4. The Hall–Kier alpha value is -3.92. The van der Waals surface area contributed by atoms with Gasteiger partial charge in [-0.05, 0) is 35.9 Å². The van der Waals surface area contributed by atoms with E-state index in [1.54, 1.807) is 18.2 Å². The van der Waals surface area contributed by atoms with Crippen LogP contribution in [0.5, 0.6) is 5.75 Å². The fourth-order valence-corrected chi connectivity index (χ4v) is 3.45. The van der Waals surface area contributed by atoms with Crippen LogP contribution >= 0.6 is 11.6 Å². The van der Waals surface area contributed by atoms with E-state index < -0.39 is 28.9 Å². The lowest BCUT2D eigenvalue weighted by Gasteiger charge is -2.12. The molecule has 11 heteroatoms. The Morgan fingerprint density at radius 1 is 1.12 bits per heavy atom. The quantitative estimate of drug-likeness (QED) is 0.476. The van der Waals surface area contributed by atoms with Crippen LogP contribution in [0.25, 0.3) is 11.0 Å². The zero-order valence-electron chi connectivity index (χ0n) is 16.3. The SMILES string of the molecule is NC(=O)n1c(=O)[nH]c2ccc(Cn3ccc(OCc4ccc(F)cc4F)c(Cl)c3=O)cc21. The molecule has 8 nitrogen and oxygen atoms in total. The second kappa shape index (κ2) is 8.31. The molecule has 164 valence electrons. The monoisotopic (exact) mass is 460 g/mol. The summed E-state index contributed by atoms with van der Waals surface area (Å²) in [5.74, 6) is -1.44. The van der Waals surface area contributed by atoms with E-state index in [-0.39, 0.29) is 35.0 Å². The Morgan fingerprint density at radius 3 is 2.62 bits per heavy atom. The van der Waals surface area contributed by atoms with Gasteiger partial charge in [0.2, 0.25) is 0 Å². The summed E-state index contributed by atoms with van der Waals surface area (Å²) in [6, 6.07) is 8.40. The van der Waals surface area contributed by atoms with Crippen molar-refractivity contribution in [1.29, 1.82) is 0 Å². The standard InChI is InChI=1S/C21H15ClF2N4O4/c22-18-17(32-10-12-2-3-13(23)8-14(12)24)5-6-27(19(18)29)9-11-1-4-15-16(7-11)28(20(25)30)21(31)26-15/h1-8H,9-10H2,(H2,25,30)(H,26,31). The van der Waals surface area contributed by atoms with Gasteiger partial charge in [0.05, 0.1) is 17.6 Å². The highest BCUT2D eigenvalue weighted by Crippen LogP contribution is 2.22. The van der Waals surface area contributed by atoms with Crippen molar-refractivity contribution in [3.63, 3.8) is 0 Å². The van der Waals surface area contributed by atoms with Crippen molar-refractivity contribution < 1.29 is 18.3 Å². The summed E-state index contributed by atoms with van der Waals surface area (Å²) in [6.45, 7) is -0.163. The summed E-state index contributed by atoms with van der Waals surface area (Å²) in [5, 5.41) is -0.216. The van der Waals surface area contributed by atoms with Gasteiger partial charge in [-0.25, -0.2) is 22.9 Å². The molecular weight excluding hydrogens is 446 g/mol. The molecule has 0 saturated carbocycles. The van der Waals surface area contributed by atoms with Gasteiger partial charge in [0.15, 0.2) is 0 Å². The van der Waals surface area contributed by atoms with Gasteiger partial charge in [0.25, 0.3) is 5.56 Å². The molecule has 0 aliphatic carbocycles. The average Bonchev–Trinajstić information content (AvgIpc) is 3.07. The summed E-state index contributed by atoms with van der Waals surface area (Å²) < 4.78 is 34.3. The fraction of sp³-hybridized carbons (Fsp3) is 0.0952. The molecule has 0 bridgehead atoms. The third-order valence-corrected chi connectivity index (χ3v) is 5.14. The second-order valence-electron chi connectivity index (χ2n) is 6.91. The molecule has 0 saturated heterocycles. The number of H-pyrrole nitrogens is 1. The van der Waals surface area contributed by atoms with Crippen LogP contribution in [-0.2, 0) is 13.2 Å². The van der Waals surface area contributed by atoms with Crippen LogP contribution in [0.3, 0.4) is 0 Å². The van der Waals surface area contributed by atoms with E-state index in [4.69, 9.17) is 22.1 Å². The Balaban J connectivity index is 1.58. The maximum absolute atomic E-state index is 13.8. The van der Waals surface area contributed by atoms with E-state index in [1.807, 2.05) is 0 Å². The van der Waals surface area contributed by atoms with Crippen molar-refractivity contribution in [3.05, 3.63) is 97.3 Å². The molecule has 32 heavy (non-hydrogen) atoms. The minimum absolute atomic E-state index is 0.0419. The van der Waals surface area contributed by atoms with Crippen LogP contribution in [-0.4, -0.2) is 20.1 Å². The van der Waals surface area contributed by atoms with Crippen LogP contribution in [0.1, 0.15) is 11.1 Å². The topological polar surface area (TPSA) is 112 Å². The van der Waals surface area contributed by atoms with Crippen molar-refractivity contribution in [2.75, 3.05) is 0 Å². The molecule has 0 unspecified atom stereocenters. The van der Waals surface area contributed by atoms with Gasteiger partial charge in [-0.3, -0.25) is 4.79 Å². The van der Waals surface area contributed by atoms with E-state index in [2.05, 4.69) is 4.98 Å². The first-order valence-electron chi connectivity index (χ1n) is 9.23. The number of pyridine rings is 1. The van der Waals surface area contributed by atoms with Crippen molar-refractivity contribution in [2.24, 2.45) is 5.73 Å². The van der Waals surface area contributed by atoms with E-state index in [0.717, 1.165) is 16.7 Å². The summed E-state index contributed by atoms with van der Waals surface area (Å²) >= 11 is 6.14. The molecule has 2 aromatic heterocycles. The highest BCUT2D eigenvalue weighted by atomic mass is 35.5. The number of benzene rings is 2. The Labute approximate surface area is 183 Å². The normalized spacial score (nSPS) is 11.1. The molecule has 0 fully saturated rings. The van der Waals surface area contributed by atoms with Crippen molar-refractivity contribution in [2.45, 2.75) is 13.2 Å². The highest BCUT2D eigenvalue weighted by molar-refractivity contribution is 6.31. The van der Waals surface area contributed by atoms with Gasteiger partial charge in [-0.1, -0.05) is 17.7 Å². The number of rotatable bonds is 5. The number of hydrogen-bond donors (Lipinski definition) is 2.